The van der Waals surface area contributed by atoms with E-state index in [4.69, 9.17) is 11.5 Å². The van der Waals surface area contributed by atoms with E-state index in [1.807, 2.05) is 13.8 Å². The van der Waals surface area contributed by atoms with Crippen molar-refractivity contribution in [2.45, 2.75) is 39.3 Å². The first-order valence-electron chi connectivity index (χ1n) is 4.88. The van der Waals surface area contributed by atoms with Gasteiger partial charge in [0.2, 0.25) is 0 Å². The molecule has 0 aliphatic heterocycles. The van der Waals surface area contributed by atoms with Gasteiger partial charge in [0.05, 0.1) is 24.0 Å². The van der Waals surface area contributed by atoms with Crippen molar-refractivity contribution in [1.82, 2.24) is 9.78 Å². The van der Waals surface area contributed by atoms with E-state index >= 15 is 0 Å². The summed E-state index contributed by atoms with van der Waals surface area (Å²) in [6, 6.07) is 0. The molecule has 0 aliphatic rings. The molecule has 80 valence electrons. The van der Waals surface area contributed by atoms with Gasteiger partial charge in [-0.25, -0.2) is 0 Å². The van der Waals surface area contributed by atoms with Gasteiger partial charge in [0.1, 0.15) is 0 Å². The van der Waals surface area contributed by atoms with Crippen molar-refractivity contribution in [3.63, 3.8) is 0 Å². The van der Waals surface area contributed by atoms with Crippen LogP contribution in [0.4, 0.5) is 11.5 Å². The minimum Gasteiger partial charge on any atom is -0.394 e. The van der Waals surface area contributed by atoms with Crippen molar-refractivity contribution < 1.29 is 5.11 Å². The predicted molar refractivity (Wildman–Crippen MR) is 56.7 cm³/mol. The molecule has 1 aromatic heterocycles. The standard InChI is InChI=1S/C9H18N4O/c1-3-6(14)5-13-7(4-2)8(10)9(11)12-13/h6,14H,3-5,10H2,1-2H3,(H2,11,12). The average molecular weight is 198 g/mol. The van der Waals surface area contributed by atoms with Crippen LogP contribution in [0, 0.1) is 0 Å². The Balaban J connectivity index is 2.91. The van der Waals surface area contributed by atoms with Gasteiger partial charge in [-0.3, -0.25) is 4.68 Å². The van der Waals surface area contributed by atoms with E-state index in [2.05, 4.69) is 5.10 Å². The number of rotatable bonds is 4. The number of aliphatic hydroxyl groups excluding tert-OH is 1. The molecular formula is C9H18N4O. The summed E-state index contributed by atoms with van der Waals surface area (Å²) in [5.74, 6) is 0.352. The number of aliphatic hydroxyl groups is 1. The van der Waals surface area contributed by atoms with Gasteiger partial charge < -0.3 is 16.6 Å². The zero-order valence-electron chi connectivity index (χ0n) is 8.70. The molecule has 0 saturated carbocycles. The lowest BCUT2D eigenvalue weighted by Crippen LogP contribution is -2.17. The fraction of sp³-hybridized carbons (Fsp3) is 0.667. The Morgan fingerprint density at radius 3 is 2.57 bits per heavy atom. The van der Waals surface area contributed by atoms with Crippen molar-refractivity contribution >= 4 is 11.5 Å². The molecule has 5 heteroatoms. The molecule has 1 unspecified atom stereocenters. The minimum atomic E-state index is -0.390. The molecule has 0 bridgehead atoms. The third-order valence-electron chi connectivity index (χ3n) is 2.32. The van der Waals surface area contributed by atoms with E-state index in [0.29, 0.717) is 24.5 Å². The highest BCUT2D eigenvalue weighted by Gasteiger charge is 2.13. The largest absolute Gasteiger partial charge is 0.394 e. The van der Waals surface area contributed by atoms with Crippen LogP contribution in [0.1, 0.15) is 26.0 Å². The number of hydrogen-bond donors (Lipinski definition) is 3. The summed E-state index contributed by atoms with van der Waals surface area (Å²) in [6.45, 7) is 4.37. The summed E-state index contributed by atoms with van der Waals surface area (Å²) in [5, 5.41) is 13.6. The summed E-state index contributed by atoms with van der Waals surface area (Å²) in [4.78, 5) is 0. The Bertz CT molecular complexity index is 308. The number of aromatic nitrogens is 2. The summed E-state index contributed by atoms with van der Waals surface area (Å²) in [6.07, 6.45) is 1.08. The van der Waals surface area contributed by atoms with E-state index in [1.54, 1.807) is 4.68 Å². The monoisotopic (exact) mass is 198 g/mol. The maximum atomic E-state index is 9.49. The summed E-state index contributed by atoms with van der Waals surface area (Å²) >= 11 is 0. The number of nitrogens with zero attached hydrogens (tertiary/aromatic N) is 2. The summed E-state index contributed by atoms with van der Waals surface area (Å²) < 4.78 is 1.69. The predicted octanol–water partition coefficient (Wildman–Crippen LogP) is 0.381. The molecule has 1 rings (SSSR count). The topological polar surface area (TPSA) is 90.1 Å². The van der Waals surface area contributed by atoms with Crippen molar-refractivity contribution in [3.8, 4) is 0 Å². The lowest BCUT2D eigenvalue weighted by atomic mass is 10.2. The molecule has 0 saturated heterocycles. The summed E-state index contributed by atoms with van der Waals surface area (Å²) in [5.41, 5.74) is 12.8. The van der Waals surface area contributed by atoms with Crippen LogP contribution in [0.25, 0.3) is 0 Å². The van der Waals surface area contributed by atoms with Crippen molar-refractivity contribution in [2.24, 2.45) is 0 Å². The number of hydrogen-bond acceptors (Lipinski definition) is 4. The molecule has 0 aromatic carbocycles. The van der Waals surface area contributed by atoms with Crippen LogP contribution in [0.15, 0.2) is 0 Å². The highest BCUT2D eigenvalue weighted by molar-refractivity contribution is 5.61. The Kier molecular flexibility index (Phi) is 3.35. The average Bonchev–Trinajstić information content (AvgIpc) is 2.42. The summed E-state index contributed by atoms with van der Waals surface area (Å²) in [7, 11) is 0. The smallest absolute Gasteiger partial charge is 0.169 e. The van der Waals surface area contributed by atoms with Gasteiger partial charge in [-0.05, 0) is 12.8 Å². The van der Waals surface area contributed by atoms with E-state index in [1.165, 1.54) is 0 Å². The van der Waals surface area contributed by atoms with Gasteiger partial charge in [-0.2, -0.15) is 5.10 Å². The number of anilines is 2. The quantitative estimate of drug-likeness (QED) is 0.652. The molecule has 1 atom stereocenters. The Hall–Kier alpha value is -1.23. The van der Waals surface area contributed by atoms with Crippen molar-refractivity contribution in [2.75, 3.05) is 11.5 Å². The molecule has 5 nitrogen and oxygen atoms in total. The molecule has 0 spiro atoms. The zero-order valence-corrected chi connectivity index (χ0v) is 8.70. The first-order valence-corrected chi connectivity index (χ1v) is 4.88. The normalized spacial score (nSPS) is 13.1. The lowest BCUT2D eigenvalue weighted by Gasteiger charge is -2.10. The van der Waals surface area contributed by atoms with Crippen LogP contribution in [0.3, 0.4) is 0 Å². The first kappa shape index (κ1) is 10.8. The van der Waals surface area contributed by atoms with Crippen LogP contribution >= 0.6 is 0 Å². The van der Waals surface area contributed by atoms with Gasteiger partial charge in [0.25, 0.3) is 0 Å². The van der Waals surface area contributed by atoms with Crippen LogP contribution < -0.4 is 11.5 Å². The first-order chi connectivity index (χ1) is 6.60. The van der Waals surface area contributed by atoms with Crippen molar-refractivity contribution in [3.05, 3.63) is 5.69 Å². The maximum Gasteiger partial charge on any atom is 0.169 e. The Labute approximate surface area is 83.7 Å². The van der Waals surface area contributed by atoms with E-state index in [0.717, 1.165) is 12.1 Å². The van der Waals surface area contributed by atoms with E-state index in [-0.39, 0.29) is 6.10 Å². The van der Waals surface area contributed by atoms with Crippen LogP contribution in [0.2, 0.25) is 0 Å². The second-order valence-corrected chi connectivity index (χ2v) is 3.34. The molecule has 0 aliphatic carbocycles. The van der Waals surface area contributed by atoms with Gasteiger partial charge in [0.15, 0.2) is 5.82 Å². The Morgan fingerprint density at radius 1 is 1.43 bits per heavy atom. The minimum absolute atomic E-state index is 0.352. The molecule has 0 fully saturated rings. The van der Waals surface area contributed by atoms with Gasteiger partial charge >= 0.3 is 0 Å². The number of nitrogen functional groups attached to an aromatic ring is 2. The fourth-order valence-electron chi connectivity index (χ4n) is 1.38. The van der Waals surface area contributed by atoms with Gasteiger partial charge in [-0.15, -0.1) is 0 Å². The third-order valence-corrected chi connectivity index (χ3v) is 2.32. The molecule has 5 N–H and O–H groups in total. The van der Waals surface area contributed by atoms with Crippen LogP contribution in [-0.2, 0) is 13.0 Å². The maximum absolute atomic E-state index is 9.49. The van der Waals surface area contributed by atoms with Crippen LogP contribution in [-0.4, -0.2) is 21.0 Å². The molecule has 14 heavy (non-hydrogen) atoms. The highest BCUT2D eigenvalue weighted by Crippen LogP contribution is 2.19. The highest BCUT2D eigenvalue weighted by atomic mass is 16.3. The second kappa shape index (κ2) is 4.32. The van der Waals surface area contributed by atoms with E-state index < -0.39 is 0 Å². The van der Waals surface area contributed by atoms with Gasteiger partial charge in [-0.1, -0.05) is 13.8 Å². The van der Waals surface area contributed by atoms with Gasteiger partial charge in [0, 0.05) is 0 Å². The molecule has 0 amide bonds. The molecule has 1 heterocycles. The van der Waals surface area contributed by atoms with Crippen LogP contribution in [0.5, 0.6) is 0 Å². The lowest BCUT2D eigenvalue weighted by molar-refractivity contribution is 0.144. The molecule has 0 radical (unpaired) electrons. The van der Waals surface area contributed by atoms with Crippen molar-refractivity contribution in [1.29, 1.82) is 0 Å². The van der Waals surface area contributed by atoms with E-state index in [9.17, 15) is 5.11 Å². The SMILES string of the molecule is CCc1c(N)c(N)nn1CC(O)CC. The second-order valence-electron chi connectivity index (χ2n) is 3.34. The number of nitrogens with two attached hydrogens (primary N) is 2. The molecular weight excluding hydrogens is 180 g/mol. The molecule has 1 aromatic rings. The third kappa shape index (κ3) is 1.98. The zero-order chi connectivity index (χ0) is 10.7. The Morgan fingerprint density at radius 2 is 2.07 bits per heavy atom. The fourth-order valence-corrected chi connectivity index (χ4v) is 1.38.